The number of fused-ring (bicyclic) bond motifs is 1. The fraction of sp³-hybridized carbons (Fsp3) is 0.318. The molecule has 0 bridgehead atoms. The average molecular weight is 398 g/mol. The van der Waals surface area contributed by atoms with Gasteiger partial charge >= 0.3 is 5.63 Å². The summed E-state index contributed by atoms with van der Waals surface area (Å²) in [5.41, 5.74) is 1.25. The van der Waals surface area contributed by atoms with Crippen molar-refractivity contribution in [3.8, 4) is 22.6 Å². The van der Waals surface area contributed by atoms with Crippen molar-refractivity contribution in [2.75, 3.05) is 38.8 Å². The molecule has 1 fully saturated rings. The van der Waals surface area contributed by atoms with Crippen molar-refractivity contribution in [3.05, 3.63) is 52.6 Å². The van der Waals surface area contributed by atoms with Crippen molar-refractivity contribution in [1.29, 1.82) is 0 Å². The Labute approximate surface area is 167 Å². The summed E-state index contributed by atoms with van der Waals surface area (Å²) < 4.78 is 31.0. The highest BCUT2D eigenvalue weighted by atomic mass is 19.1. The van der Waals surface area contributed by atoms with Crippen LogP contribution in [0.2, 0.25) is 0 Å². The Balaban J connectivity index is 1.79. The number of methoxy groups -OCH3 is 2. The van der Waals surface area contributed by atoms with E-state index in [0.717, 1.165) is 19.6 Å². The molecule has 2 aromatic carbocycles. The zero-order chi connectivity index (χ0) is 20.5. The predicted molar refractivity (Wildman–Crippen MR) is 111 cm³/mol. The highest BCUT2D eigenvalue weighted by Gasteiger charge is 2.19. The molecule has 0 aliphatic carbocycles. The van der Waals surface area contributed by atoms with Crippen LogP contribution < -0.4 is 25.3 Å². The molecule has 152 valence electrons. The lowest BCUT2D eigenvalue weighted by Gasteiger charge is -2.33. The fourth-order valence-electron chi connectivity index (χ4n) is 3.72. The Morgan fingerprint density at radius 2 is 1.93 bits per heavy atom. The van der Waals surface area contributed by atoms with Crippen LogP contribution in [0.15, 0.2) is 45.6 Å². The molecule has 1 N–H and O–H groups in total. The second-order valence-corrected chi connectivity index (χ2v) is 7.16. The van der Waals surface area contributed by atoms with Gasteiger partial charge in [-0.15, -0.1) is 0 Å². The minimum atomic E-state index is -0.532. The zero-order valence-electron chi connectivity index (χ0n) is 16.6. The zero-order valence-corrected chi connectivity index (χ0v) is 16.6. The van der Waals surface area contributed by atoms with E-state index in [2.05, 4.69) is 17.1 Å². The maximum absolute atomic E-state index is 14.9. The first-order valence-corrected chi connectivity index (χ1v) is 9.48. The molecule has 3 aromatic rings. The molecule has 1 aliphatic heterocycles. The Hall–Kier alpha value is -3.06. The van der Waals surface area contributed by atoms with Crippen molar-refractivity contribution in [1.82, 2.24) is 5.32 Å². The maximum atomic E-state index is 14.9. The quantitative estimate of drug-likeness (QED) is 0.680. The van der Waals surface area contributed by atoms with E-state index in [4.69, 9.17) is 13.9 Å². The van der Waals surface area contributed by atoms with E-state index >= 15 is 0 Å². The summed E-state index contributed by atoms with van der Waals surface area (Å²) in [6.07, 6.45) is 0. The van der Waals surface area contributed by atoms with Gasteiger partial charge in [-0.3, -0.25) is 0 Å². The van der Waals surface area contributed by atoms with Crippen LogP contribution >= 0.6 is 0 Å². The second-order valence-electron chi connectivity index (χ2n) is 7.16. The number of nitrogens with zero attached hydrogens (tertiary/aromatic N) is 1. The molecule has 0 spiro atoms. The van der Waals surface area contributed by atoms with E-state index in [1.807, 2.05) is 0 Å². The minimum absolute atomic E-state index is 0.236. The number of anilines is 1. The minimum Gasteiger partial charge on any atom is -0.493 e. The number of halogens is 1. The third kappa shape index (κ3) is 3.65. The number of ether oxygens (including phenoxy) is 2. The van der Waals surface area contributed by atoms with Crippen LogP contribution in [0.1, 0.15) is 6.92 Å². The molecule has 0 radical (unpaired) electrons. The number of hydrogen-bond acceptors (Lipinski definition) is 6. The highest BCUT2D eigenvalue weighted by molar-refractivity contribution is 5.85. The Bertz CT molecular complexity index is 1110. The van der Waals surface area contributed by atoms with Crippen LogP contribution in [0.3, 0.4) is 0 Å². The average Bonchev–Trinajstić information content (AvgIpc) is 2.72. The van der Waals surface area contributed by atoms with Crippen LogP contribution in [0.5, 0.6) is 11.5 Å². The summed E-state index contributed by atoms with van der Waals surface area (Å²) in [6.45, 7) is 4.43. The van der Waals surface area contributed by atoms with Gasteiger partial charge in [0.25, 0.3) is 0 Å². The molecule has 1 aliphatic rings. The van der Waals surface area contributed by atoms with Gasteiger partial charge in [-0.05, 0) is 36.8 Å². The van der Waals surface area contributed by atoms with Gasteiger partial charge in [0.05, 0.1) is 25.2 Å². The molecule has 4 rings (SSSR count). The molecule has 29 heavy (non-hydrogen) atoms. The molecular weight excluding hydrogens is 375 g/mol. The van der Waals surface area contributed by atoms with Gasteiger partial charge in [-0.25, -0.2) is 9.18 Å². The number of rotatable bonds is 4. The van der Waals surface area contributed by atoms with Gasteiger partial charge in [0.2, 0.25) is 0 Å². The summed E-state index contributed by atoms with van der Waals surface area (Å²) >= 11 is 0. The number of piperazine rings is 1. The topological polar surface area (TPSA) is 63.9 Å². The molecule has 6 nitrogen and oxygen atoms in total. The molecule has 7 heteroatoms. The van der Waals surface area contributed by atoms with Crippen LogP contribution in [0, 0.1) is 5.82 Å². The van der Waals surface area contributed by atoms with Gasteiger partial charge in [0.15, 0.2) is 11.5 Å². The first-order valence-electron chi connectivity index (χ1n) is 9.48. The third-order valence-corrected chi connectivity index (χ3v) is 5.22. The first kappa shape index (κ1) is 19.3. The molecule has 0 amide bonds. The molecule has 0 saturated carbocycles. The summed E-state index contributed by atoms with van der Waals surface area (Å²) in [7, 11) is 3.05. The Kier molecular flexibility index (Phi) is 5.15. The highest BCUT2D eigenvalue weighted by Crippen LogP contribution is 2.33. The van der Waals surface area contributed by atoms with Gasteiger partial charge in [-0.2, -0.15) is 0 Å². The van der Waals surface area contributed by atoms with Crippen molar-refractivity contribution in [2.45, 2.75) is 13.0 Å². The largest absolute Gasteiger partial charge is 0.493 e. The van der Waals surface area contributed by atoms with Gasteiger partial charge in [0, 0.05) is 37.4 Å². The Morgan fingerprint density at radius 1 is 1.14 bits per heavy atom. The maximum Gasteiger partial charge on any atom is 0.344 e. The summed E-state index contributed by atoms with van der Waals surface area (Å²) in [5.74, 6) is 0.602. The molecule has 1 atom stereocenters. The molecular formula is C22H23FN2O4. The summed E-state index contributed by atoms with van der Waals surface area (Å²) in [4.78, 5) is 14.7. The van der Waals surface area contributed by atoms with Crippen LogP contribution in [0.25, 0.3) is 22.1 Å². The van der Waals surface area contributed by atoms with Crippen LogP contribution in [0.4, 0.5) is 10.1 Å². The number of nitrogens with one attached hydrogen (secondary N) is 1. The fourth-order valence-corrected chi connectivity index (χ4v) is 3.72. The molecule has 1 aromatic heterocycles. The monoisotopic (exact) mass is 398 g/mol. The lowest BCUT2D eigenvalue weighted by molar-refractivity contribution is 0.355. The Morgan fingerprint density at radius 3 is 2.66 bits per heavy atom. The van der Waals surface area contributed by atoms with E-state index in [9.17, 15) is 9.18 Å². The standard InChI is InChI=1S/C22H23FN2O4/c1-13-12-25(7-6-24-13)15-9-18(23)17-11-16(22(26)29-20(17)10-15)14-4-5-19(27-2)21(8-14)28-3/h4-5,8-11,13,24H,6-7,12H2,1-3H3/t13-/m0/s1. The second kappa shape index (κ2) is 7.75. The normalized spacial score (nSPS) is 16.8. The first-order chi connectivity index (χ1) is 14.0. The van der Waals surface area contributed by atoms with Crippen LogP contribution in [-0.2, 0) is 0 Å². The van der Waals surface area contributed by atoms with Crippen molar-refractivity contribution < 1.29 is 18.3 Å². The van der Waals surface area contributed by atoms with E-state index in [1.165, 1.54) is 26.4 Å². The SMILES string of the molecule is COc1ccc(-c2cc3c(F)cc(N4CCN[C@@H](C)C4)cc3oc2=O)cc1OC. The van der Waals surface area contributed by atoms with Gasteiger partial charge < -0.3 is 24.1 Å². The van der Waals surface area contributed by atoms with E-state index < -0.39 is 11.4 Å². The molecule has 1 saturated heterocycles. The van der Waals surface area contributed by atoms with E-state index in [1.54, 1.807) is 24.3 Å². The summed E-state index contributed by atoms with van der Waals surface area (Å²) in [5, 5.41) is 3.62. The molecule has 2 heterocycles. The van der Waals surface area contributed by atoms with Crippen LogP contribution in [-0.4, -0.2) is 39.9 Å². The number of hydrogen-bond donors (Lipinski definition) is 1. The van der Waals surface area contributed by atoms with Crippen molar-refractivity contribution >= 4 is 16.7 Å². The predicted octanol–water partition coefficient (Wildman–Crippen LogP) is 3.41. The van der Waals surface area contributed by atoms with E-state index in [-0.39, 0.29) is 16.5 Å². The lowest BCUT2D eigenvalue weighted by atomic mass is 10.0. The van der Waals surface area contributed by atoms with Gasteiger partial charge in [-0.1, -0.05) is 6.07 Å². The van der Waals surface area contributed by atoms with Crippen molar-refractivity contribution in [2.24, 2.45) is 0 Å². The molecule has 0 unspecified atom stereocenters. The van der Waals surface area contributed by atoms with E-state index in [0.29, 0.717) is 28.8 Å². The third-order valence-electron chi connectivity index (χ3n) is 5.22. The summed E-state index contributed by atoms with van der Waals surface area (Å²) in [6, 6.07) is 10.2. The van der Waals surface area contributed by atoms with Gasteiger partial charge in [0.1, 0.15) is 11.4 Å². The smallest absolute Gasteiger partial charge is 0.344 e. The van der Waals surface area contributed by atoms with Crippen molar-refractivity contribution in [3.63, 3.8) is 0 Å². The number of benzene rings is 2. The lowest BCUT2D eigenvalue weighted by Crippen LogP contribution is -2.49.